The largest absolute Gasteiger partial charge is 0.397 e. The molecule has 0 spiro atoms. The minimum absolute atomic E-state index is 0.135. The van der Waals surface area contributed by atoms with Crippen molar-refractivity contribution < 1.29 is 4.79 Å². The molecule has 0 aliphatic rings. The molecule has 0 atom stereocenters. The van der Waals surface area contributed by atoms with Gasteiger partial charge >= 0.3 is 0 Å². The van der Waals surface area contributed by atoms with Gasteiger partial charge in [0.05, 0.1) is 5.69 Å². The number of nitrogens with zero attached hydrogens (tertiary/aromatic N) is 2. The van der Waals surface area contributed by atoms with Crippen molar-refractivity contribution in [2.45, 2.75) is 6.42 Å². The van der Waals surface area contributed by atoms with Crippen LogP contribution < -0.4 is 16.8 Å². The molecule has 7 nitrogen and oxygen atoms in total. The fraction of sp³-hybridized carbons (Fsp3) is 0.0870. The number of H-pyrrole nitrogens is 1. The van der Waals surface area contributed by atoms with Crippen molar-refractivity contribution in [3.05, 3.63) is 64.0 Å². The number of aromatic nitrogens is 2. The predicted molar refractivity (Wildman–Crippen MR) is 131 cm³/mol. The Morgan fingerprint density at radius 2 is 2.06 bits per heavy atom. The number of amides is 1. The molecule has 0 aliphatic carbocycles. The SMILES string of the molecule is N#Cc1c(N)nc2sc(C(=O)NCCc3c[nH]c4ccccc34)c(N)c2c1-c1cccs1. The van der Waals surface area contributed by atoms with E-state index in [1.807, 2.05) is 41.9 Å². The number of anilines is 2. The molecule has 0 aliphatic heterocycles. The lowest BCUT2D eigenvalue weighted by Crippen LogP contribution is -2.25. The van der Waals surface area contributed by atoms with E-state index in [0.717, 1.165) is 21.3 Å². The molecule has 6 N–H and O–H groups in total. The Morgan fingerprint density at radius 1 is 1.22 bits per heavy atom. The second-order valence-corrected chi connectivity index (χ2v) is 9.17. The Kier molecular flexibility index (Phi) is 5.01. The van der Waals surface area contributed by atoms with Crippen LogP contribution in [0.1, 0.15) is 20.8 Å². The number of rotatable bonds is 5. The van der Waals surface area contributed by atoms with E-state index in [1.54, 1.807) is 0 Å². The Hall–Kier alpha value is -3.87. The van der Waals surface area contributed by atoms with Gasteiger partial charge in [0.25, 0.3) is 5.91 Å². The van der Waals surface area contributed by atoms with Crippen LogP contribution in [0.5, 0.6) is 0 Å². The normalized spacial score (nSPS) is 11.1. The molecule has 5 aromatic rings. The van der Waals surface area contributed by atoms with Gasteiger partial charge in [0.2, 0.25) is 0 Å². The summed E-state index contributed by atoms with van der Waals surface area (Å²) in [6.07, 6.45) is 2.65. The van der Waals surface area contributed by atoms with Gasteiger partial charge in [-0.3, -0.25) is 4.79 Å². The molecule has 5 rings (SSSR count). The Labute approximate surface area is 191 Å². The summed E-state index contributed by atoms with van der Waals surface area (Å²) in [5.74, 6) is -0.129. The molecule has 0 unspecified atom stereocenters. The van der Waals surface area contributed by atoms with E-state index in [4.69, 9.17) is 11.5 Å². The zero-order chi connectivity index (χ0) is 22.2. The average Bonchev–Trinajstić information content (AvgIpc) is 3.53. The van der Waals surface area contributed by atoms with E-state index >= 15 is 0 Å². The number of pyridine rings is 1. The number of carbonyl (C=O) groups is 1. The van der Waals surface area contributed by atoms with Crippen LogP contribution >= 0.6 is 22.7 Å². The maximum Gasteiger partial charge on any atom is 0.263 e. The van der Waals surface area contributed by atoms with Gasteiger partial charge in [-0.1, -0.05) is 24.3 Å². The number of nitriles is 1. The molecule has 1 amide bonds. The first-order valence-electron chi connectivity index (χ1n) is 9.87. The van der Waals surface area contributed by atoms with Crippen molar-refractivity contribution in [2.75, 3.05) is 18.0 Å². The number of nitrogen functional groups attached to an aromatic ring is 2. The highest BCUT2D eigenvalue weighted by Gasteiger charge is 2.24. The predicted octanol–water partition coefficient (Wildman–Crippen LogP) is 4.51. The van der Waals surface area contributed by atoms with E-state index in [1.165, 1.54) is 22.7 Å². The number of nitrogens with two attached hydrogens (primary N) is 2. The molecule has 0 saturated heterocycles. The standard InChI is InChI=1S/C23H18N6OS2/c24-10-14-17(16-6-3-9-31-16)18-19(25)20(32-23(18)29-21(14)26)22(30)27-8-7-12-11-28-15-5-2-1-4-13(12)15/h1-6,9,11,28H,7-8,25H2,(H2,26,29)(H,27,30). The second-order valence-electron chi connectivity index (χ2n) is 7.23. The summed E-state index contributed by atoms with van der Waals surface area (Å²) in [5.41, 5.74) is 15.9. The molecule has 0 bridgehead atoms. The number of nitrogens with one attached hydrogen (secondary N) is 2. The molecular formula is C23H18N6OS2. The molecular weight excluding hydrogens is 440 g/mol. The highest BCUT2D eigenvalue weighted by atomic mass is 32.1. The minimum Gasteiger partial charge on any atom is -0.397 e. The molecule has 0 fully saturated rings. The van der Waals surface area contributed by atoms with Crippen LogP contribution in [-0.2, 0) is 6.42 Å². The van der Waals surface area contributed by atoms with Crippen LogP contribution in [0.2, 0.25) is 0 Å². The summed E-state index contributed by atoms with van der Waals surface area (Å²) >= 11 is 2.67. The smallest absolute Gasteiger partial charge is 0.263 e. The van der Waals surface area contributed by atoms with E-state index in [9.17, 15) is 10.1 Å². The molecule has 32 heavy (non-hydrogen) atoms. The second kappa shape index (κ2) is 8.00. The van der Waals surface area contributed by atoms with E-state index in [0.29, 0.717) is 39.3 Å². The van der Waals surface area contributed by atoms with Gasteiger partial charge in [-0.05, 0) is 29.5 Å². The lowest BCUT2D eigenvalue weighted by Gasteiger charge is -2.07. The number of thiophene rings is 2. The molecule has 1 aromatic carbocycles. The summed E-state index contributed by atoms with van der Waals surface area (Å²) < 4.78 is 0. The molecule has 9 heteroatoms. The summed E-state index contributed by atoms with van der Waals surface area (Å²) in [7, 11) is 0. The first kappa shape index (κ1) is 20.1. The van der Waals surface area contributed by atoms with Gasteiger partial charge < -0.3 is 21.8 Å². The van der Waals surface area contributed by atoms with Gasteiger partial charge in [0.15, 0.2) is 0 Å². The van der Waals surface area contributed by atoms with Crippen molar-refractivity contribution in [3.8, 4) is 16.5 Å². The summed E-state index contributed by atoms with van der Waals surface area (Å²) in [6, 6.07) is 14.0. The third-order valence-corrected chi connectivity index (χ3v) is 7.33. The van der Waals surface area contributed by atoms with Gasteiger partial charge in [-0.15, -0.1) is 22.7 Å². The van der Waals surface area contributed by atoms with E-state index in [2.05, 4.69) is 27.4 Å². The number of benzene rings is 1. The first-order valence-corrected chi connectivity index (χ1v) is 11.6. The van der Waals surface area contributed by atoms with Crippen molar-refractivity contribution in [3.63, 3.8) is 0 Å². The number of aromatic amines is 1. The minimum atomic E-state index is -0.264. The highest BCUT2D eigenvalue weighted by molar-refractivity contribution is 7.21. The monoisotopic (exact) mass is 458 g/mol. The van der Waals surface area contributed by atoms with Gasteiger partial charge in [-0.2, -0.15) is 5.26 Å². The maximum absolute atomic E-state index is 13.0. The highest BCUT2D eigenvalue weighted by Crippen LogP contribution is 2.43. The van der Waals surface area contributed by atoms with Crippen LogP contribution in [0.4, 0.5) is 11.5 Å². The van der Waals surface area contributed by atoms with Crippen LogP contribution in [-0.4, -0.2) is 22.4 Å². The summed E-state index contributed by atoms with van der Waals surface area (Å²) in [6.45, 7) is 0.463. The molecule has 0 saturated carbocycles. The number of fused-ring (bicyclic) bond motifs is 2. The number of hydrogen-bond donors (Lipinski definition) is 4. The van der Waals surface area contributed by atoms with Gasteiger partial charge in [-0.25, -0.2) is 4.98 Å². The number of carbonyl (C=O) groups excluding carboxylic acids is 1. The maximum atomic E-state index is 13.0. The first-order chi connectivity index (χ1) is 15.6. The average molecular weight is 459 g/mol. The fourth-order valence-corrected chi connectivity index (χ4v) is 5.66. The summed E-state index contributed by atoms with van der Waals surface area (Å²) in [5, 5.41) is 16.3. The lowest BCUT2D eigenvalue weighted by atomic mass is 10.0. The van der Waals surface area contributed by atoms with Crippen molar-refractivity contribution in [2.24, 2.45) is 0 Å². The summed E-state index contributed by atoms with van der Waals surface area (Å²) in [4.78, 5) is 22.3. The van der Waals surface area contributed by atoms with Crippen LogP contribution in [0.25, 0.3) is 31.6 Å². The van der Waals surface area contributed by atoms with Gasteiger partial charge in [0.1, 0.15) is 27.2 Å². The Balaban J connectivity index is 1.45. The molecule has 0 radical (unpaired) electrons. The van der Waals surface area contributed by atoms with Crippen molar-refractivity contribution in [1.82, 2.24) is 15.3 Å². The molecule has 4 heterocycles. The Morgan fingerprint density at radius 3 is 2.84 bits per heavy atom. The molecule has 158 valence electrons. The number of para-hydroxylation sites is 1. The van der Waals surface area contributed by atoms with Crippen LogP contribution in [0.15, 0.2) is 48.0 Å². The quantitative estimate of drug-likeness (QED) is 0.307. The topological polar surface area (TPSA) is 134 Å². The van der Waals surface area contributed by atoms with Crippen molar-refractivity contribution in [1.29, 1.82) is 5.26 Å². The zero-order valence-corrected chi connectivity index (χ0v) is 18.4. The van der Waals surface area contributed by atoms with E-state index in [-0.39, 0.29) is 17.3 Å². The van der Waals surface area contributed by atoms with Crippen LogP contribution in [0.3, 0.4) is 0 Å². The fourth-order valence-electron chi connectivity index (χ4n) is 3.85. The third-order valence-electron chi connectivity index (χ3n) is 5.35. The third kappa shape index (κ3) is 3.26. The van der Waals surface area contributed by atoms with Gasteiger partial charge in [0, 0.05) is 39.5 Å². The van der Waals surface area contributed by atoms with E-state index < -0.39 is 0 Å². The van der Waals surface area contributed by atoms with Crippen molar-refractivity contribution >= 4 is 61.2 Å². The molecule has 4 aromatic heterocycles. The van der Waals surface area contributed by atoms with Crippen LogP contribution in [0, 0.1) is 11.3 Å². The number of hydrogen-bond acceptors (Lipinski definition) is 7. The lowest BCUT2D eigenvalue weighted by molar-refractivity contribution is 0.0959. The zero-order valence-electron chi connectivity index (χ0n) is 16.8. The Bertz CT molecular complexity index is 1510.